The van der Waals surface area contributed by atoms with E-state index in [0.717, 1.165) is 21.4 Å². The van der Waals surface area contributed by atoms with Crippen LogP contribution in [0.1, 0.15) is 5.56 Å². The molecule has 130 valence electrons. The molecule has 0 spiro atoms. The maximum absolute atomic E-state index is 12.0. The van der Waals surface area contributed by atoms with Crippen LogP contribution in [0.4, 0.5) is 0 Å². The Morgan fingerprint density at radius 1 is 1.24 bits per heavy atom. The molecule has 0 aliphatic rings. The Morgan fingerprint density at radius 2 is 2.00 bits per heavy atom. The number of benzene rings is 1. The Kier molecular flexibility index (Phi) is 5.54. The van der Waals surface area contributed by atoms with Gasteiger partial charge in [0, 0.05) is 42.4 Å². The molecule has 0 unspecified atom stereocenters. The van der Waals surface area contributed by atoms with Gasteiger partial charge in [0.25, 0.3) is 0 Å². The summed E-state index contributed by atoms with van der Waals surface area (Å²) < 4.78 is 4.61. The molecule has 7 nitrogen and oxygen atoms in total. The molecule has 0 aliphatic heterocycles. The van der Waals surface area contributed by atoms with E-state index in [1.54, 1.807) is 10.9 Å². The number of rotatable bonds is 6. The molecule has 0 saturated heterocycles. The molecule has 2 aromatic heterocycles. The second kappa shape index (κ2) is 7.83. The number of thioether (sulfide) groups is 1. The van der Waals surface area contributed by atoms with Crippen LogP contribution in [0.5, 0.6) is 0 Å². The smallest absolute Gasteiger partial charge is 0.230 e. The lowest BCUT2D eigenvalue weighted by molar-refractivity contribution is -0.118. The van der Waals surface area contributed by atoms with Crippen molar-refractivity contribution in [2.75, 3.05) is 5.75 Å². The third kappa shape index (κ3) is 4.49. The number of amides is 1. The summed E-state index contributed by atoms with van der Waals surface area (Å²) in [7, 11) is 3.74. The highest BCUT2D eigenvalue weighted by molar-refractivity contribution is 9.10. The number of nitrogens with zero attached hydrogens (tertiary/aromatic N) is 5. The number of halogens is 1. The van der Waals surface area contributed by atoms with Crippen LogP contribution in [0.3, 0.4) is 0 Å². The first-order chi connectivity index (χ1) is 12.0. The molecule has 0 saturated carbocycles. The lowest BCUT2D eigenvalue weighted by Crippen LogP contribution is -2.24. The lowest BCUT2D eigenvalue weighted by atomic mass is 10.2. The Hall–Kier alpha value is -2.13. The molecule has 1 amide bonds. The number of aryl methyl sites for hydroxylation is 1. The van der Waals surface area contributed by atoms with Crippen LogP contribution in [0.2, 0.25) is 0 Å². The van der Waals surface area contributed by atoms with Gasteiger partial charge in [-0.1, -0.05) is 39.8 Å². The summed E-state index contributed by atoms with van der Waals surface area (Å²) in [6, 6.07) is 7.87. The van der Waals surface area contributed by atoms with Gasteiger partial charge in [-0.05, 0) is 12.1 Å². The Bertz CT molecular complexity index is 873. The number of carbonyl (C=O) groups excluding carboxylic acids is 1. The fraction of sp³-hybridized carbons (Fsp3) is 0.250. The highest BCUT2D eigenvalue weighted by Crippen LogP contribution is 2.23. The normalized spacial score (nSPS) is 10.8. The molecule has 0 bridgehead atoms. The van der Waals surface area contributed by atoms with Crippen molar-refractivity contribution in [3.05, 3.63) is 46.7 Å². The van der Waals surface area contributed by atoms with Gasteiger partial charge in [-0.15, -0.1) is 10.2 Å². The molecule has 3 rings (SSSR count). The number of hydrogen-bond acceptors (Lipinski definition) is 5. The predicted molar refractivity (Wildman–Crippen MR) is 99.9 cm³/mol. The van der Waals surface area contributed by atoms with E-state index in [1.807, 2.05) is 49.1 Å². The van der Waals surface area contributed by atoms with Gasteiger partial charge in [0.15, 0.2) is 11.0 Å². The first-order valence-corrected chi connectivity index (χ1v) is 9.33. The quantitative estimate of drug-likeness (QED) is 0.619. The van der Waals surface area contributed by atoms with Gasteiger partial charge < -0.3 is 9.88 Å². The van der Waals surface area contributed by atoms with Crippen LogP contribution in [0.15, 0.2) is 46.3 Å². The summed E-state index contributed by atoms with van der Waals surface area (Å²) in [4.78, 5) is 12.0. The highest BCUT2D eigenvalue weighted by atomic mass is 79.9. The Balaban J connectivity index is 1.56. The van der Waals surface area contributed by atoms with E-state index in [0.29, 0.717) is 11.7 Å². The molecule has 0 atom stereocenters. The maximum atomic E-state index is 12.0. The van der Waals surface area contributed by atoms with Gasteiger partial charge in [0.05, 0.1) is 11.9 Å². The first kappa shape index (κ1) is 17.7. The maximum Gasteiger partial charge on any atom is 0.230 e. The van der Waals surface area contributed by atoms with Gasteiger partial charge in [0.2, 0.25) is 5.91 Å². The fourth-order valence-corrected chi connectivity index (χ4v) is 3.24. The minimum Gasteiger partial charge on any atom is -0.351 e. The topological polar surface area (TPSA) is 77.6 Å². The Labute approximate surface area is 158 Å². The van der Waals surface area contributed by atoms with Gasteiger partial charge in [-0.2, -0.15) is 5.10 Å². The standard InChI is InChI=1S/C16H17BrN6OS/c1-22-9-11(8-19-22)7-18-14(24)10-25-16-21-20-15(23(16)2)12-3-5-13(17)6-4-12/h3-6,8-9H,7,10H2,1-2H3,(H,18,24). The van der Waals surface area contributed by atoms with Crippen molar-refractivity contribution in [1.29, 1.82) is 0 Å². The van der Waals surface area contributed by atoms with E-state index in [4.69, 9.17) is 0 Å². The summed E-state index contributed by atoms with van der Waals surface area (Å²) in [5.41, 5.74) is 1.95. The van der Waals surface area contributed by atoms with Gasteiger partial charge in [-0.25, -0.2) is 0 Å². The third-order valence-electron chi connectivity index (χ3n) is 3.52. The van der Waals surface area contributed by atoms with Crippen molar-refractivity contribution in [3.8, 4) is 11.4 Å². The molecule has 25 heavy (non-hydrogen) atoms. The molecule has 1 N–H and O–H groups in total. The molecule has 2 heterocycles. The van der Waals surface area contributed by atoms with Crippen molar-refractivity contribution in [1.82, 2.24) is 29.9 Å². The predicted octanol–water partition coefficient (Wildman–Crippen LogP) is 2.39. The number of aromatic nitrogens is 5. The minimum absolute atomic E-state index is 0.0537. The molecule has 0 aliphatic carbocycles. The van der Waals surface area contributed by atoms with E-state index in [2.05, 4.69) is 36.5 Å². The monoisotopic (exact) mass is 420 g/mol. The summed E-state index contributed by atoms with van der Waals surface area (Å²) >= 11 is 4.78. The van der Waals surface area contributed by atoms with Crippen LogP contribution in [0.25, 0.3) is 11.4 Å². The Morgan fingerprint density at radius 3 is 2.68 bits per heavy atom. The van der Waals surface area contributed by atoms with Crippen LogP contribution >= 0.6 is 27.7 Å². The molecule has 0 fully saturated rings. The van der Waals surface area contributed by atoms with Gasteiger partial charge >= 0.3 is 0 Å². The van der Waals surface area contributed by atoms with Crippen LogP contribution < -0.4 is 5.32 Å². The zero-order valence-corrected chi connectivity index (χ0v) is 16.2. The van der Waals surface area contributed by atoms with Crippen molar-refractivity contribution >= 4 is 33.6 Å². The van der Waals surface area contributed by atoms with E-state index in [1.165, 1.54) is 11.8 Å². The average Bonchev–Trinajstić information content (AvgIpc) is 3.18. The van der Waals surface area contributed by atoms with Crippen molar-refractivity contribution in [3.63, 3.8) is 0 Å². The van der Waals surface area contributed by atoms with E-state index in [9.17, 15) is 4.79 Å². The zero-order chi connectivity index (χ0) is 17.8. The first-order valence-electron chi connectivity index (χ1n) is 7.55. The number of carbonyl (C=O) groups is 1. The summed E-state index contributed by atoms with van der Waals surface area (Å²) in [6.07, 6.45) is 3.61. The summed E-state index contributed by atoms with van der Waals surface area (Å²) in [6.45, 7) is 0.468. The summed E-state index contributed by atoms with van der Waals surface area (Å²) in [5.74, 6) is 1.000. The highest BCUT2D eigenvalue weighted by Gasteiger charge is 2.13. The van der Waals surface area contributed by atoms with E-state index < -0.39 is 0 Å². The summed E-state index contributed by atoms with van der Waals surface area (Å²) in [5, 5.41) is 16.0. The molecule has 9 heteroatoms. The van der Waals surface area contributed by atoms with E-state index >= 15 is 0 Å². The number of nitrogens with one attached hydrogen (secondary N) is 1. The molecule has 3 aromatic rings. The van der Waals surface area contributed by atoms with E-state index in [-0.39, 0.29) is 11.7 Å². The molecular weight excluding hydrogens is 404 g/mol. The lowest BCUT2D eigenvalue weighted by Gasteiger charge is -2.05. The second-order valence-corrected chi connectivity index (χ2v) is 7.32. The molecule has 0 radical (unpaired) electrons. The average molecular weight is 421 g/mol. The molecular formula is C16H17BrN6OS. The van der Waals surface area contributed by atoms with Crippen LogP contribution in [0, 0.1) is 0 Å². The molecule has 1 aromatic carbocycles. The third-order valence-corrected chi connectivity index (χ3v) is 5.07. The van der Waals surface area contributed by atoms with Crippen molar-refractivity contribution < 1.29 is 4.79 Å². The van der Waals surface area contributed by atoms with Crippen LogP contribution in [-0.2, 0) is 25.4 Å². The minimum atomic E-state index is -0.0537. The van der Waals surface area contributed by atoms with Crippen molar-refractivity contribution in [2.24, 2.45) is 14.1 Å². The second-order valence-electron chi connectivity index (χ2n) is 5.46. The number of hydrogen-bond donors (Lipinski definition) is 1. The van der Waals surface area contributed by atoms with Crippen molar-refractivity contribution in [2.45, 2.75) is 11.7 Å². The zero-order valence-electron chi connectivity index (χ0n) is 13.8. The fourth-order valence-electron chi connectivity index (χ4n) is 2.24. The van der Waals surface area contributed by atoms with Crippen LogP contribution in [-0.4, -0.2) is 36.2 Å². The SMILES string of the molecule is Cn1cc(CNC(=O)CSc2nnc(-c3ccc(Br)cc3)n2C)cn1. The largest absolute Gasteiger partial charge is 0.351 e. The van der Waals surface area contributed by atoms with Gasteiger partial charge in [0.1, 0.15) is 0 Å². The van der Waals surface area contributed by atoms with Gasteiger partial charge in [-0.3, -0.25) is 9.48 Å².